The summed E-state index contributed by atoms with van der Waals surface area (Å²) >= 11 is 3.14. The molecule has 3 rings (SSSR count). The van der Waals surface area contributed by atoms with Crippen LogP contribution in [-0.4, -0.2) is 16.2 Å². The molecule has 0 unspecified atom stereocenters. The van der Waals surface area contributed by atoms with Crippen molar-refractivity contribution in [2.24, 2.45) is 5.10 Å². The Morgan fingerprint density at radius 2 is 1.70 bits per heavy atom. The fraction of sp³-hybridized carbons (Fsp3) is 0.0500. The van der Waals surface area contributed by atoms with Crippen LogP contribution in [0.1, 0.15) is 11.1 Å². The third-order valence-corrected chi connectivity index (χ3v) is 4.46. The molecule has 0 heterocycles. The molecule has 1 N–H and O–H groups in total. The number of anilines is 1. The number of aromatic hydroxyl groups is 1. The molecule has 0 aliphatic carbocycles. The van der Waals surface area contributed by atoms with Crippen molar-refractivity contribution >= 4 is 33.5 Å². The Morgan fingerprint density at radius 1 is 1.07 bits per heavy atom. The number of hydrogen-bond donors (Lipinski definition) is 1. The average molecular weight is 426 g/mol. The van der Waals surface area contributed by atoms with E-state index in [-0.39, 0.29) is 21.5 Å². The molecule has 0 saturated heterocycles. The summed E-state index contributed by atoms with van der Waals surface area (Å²) in [5, 5.41) is 27.5. The molecule has 3 aromatic rings. The highest BCUT2D eigenvalue weighted by Crippen LogP contribution is 2.31. The molecule has 0 radical (unpaired) electrons. The Morgan fingerprint density at radius 3 is 2.33 bits per heavy atom. The number of nitrogens with zero attached hydrogens (tertiary/aromatic N) is 3. The Bertz CT molecular complexity index is 963. The van der Waals surface area contributed by atoms with Crippen LogP contribution in [0.5, 0.6) is 5.75 Å². The van der Waals surface area contributed by atoms with E-state index in [9.17, 15) is 15.2 Å². The van der Waals surface area contributed by atoms with E-state index in [0.717, 1.165) is 11.3 Å². The van der Waals surface area contributed by atoms with Gasteiger partial charge in [0, 0.05) is 17.7 Å². The number of rotatable bonds is 6. The van der Waals surface area contributed by atoms with Crippen molar-refractivity contribution in [1.82, 2.24) is 0 Å². The van der Waals surface area contributed by atoms with Crippen molar-refractivity contribution in [1.29, 1.82) is 0 Å². The van der Waals surface area contributed by atoms with Gasteiger partial charge in [-0.1, -0.05) is 48.5 Å². The van der Waals surface area contributed by atoms with Crippen LogP contribution in [0.2, 0.25) is 0 Å². The van der Waals surface area contributed by atoms with Crippen molar-refractivity contribution in [3.8, 4) is 5.75 Å². The van der Waals surface area contributed by atoms with Gasteiger partial charge < -0.3 is 5.11 Å². The van der Waals surface area contributed by atoms with Gasteiger partial charge in [-0.15, -0.1) is 0 Å². The van der Waals surface area contributed by atoms with Gasteiger partial charge in [0.05, 0.1) is 27.8 Å². The van der Waals surface area contributed by atoms with E-state index < -0.39 is 4.92 Å². The summed E-state index contributed by atoms with van der Waals surface area (Å²) in [5.41, 5.74) is 2.05. The third kappa shape index (κ3) is 4.71. The molecule has 6 nitrogen and oxygen atoms in total. The lowest BCUT2D eigenvalue weighted by atomic mass is 10.2. The molecular formula is C20H16BrN3O3. The number of non-ortho nitro benzene ring substituents is 1. The summed E-state index contributed by atoms with van der Waals surface area (Å²) in [6.07, 6.45) is 1.42. The minimum absolute atomic E-state index is 0.0999. The number of nitro groups is 1. The third-order valence-electron chi connectivity index (χ3n) is 3.85. The summed E-state index contributed by atoms with van der Waals surface area (Å²) in [7, 11) is 0. The molecule has 0 aliphatic heterocycles. The minimum Gasteiger partial charge on any atom is -0.506 e. The summed E-state index contributed by atoms with van der Waals surface area (Å²) < 4.78 is 0.243. The van der Waals surface area contributed by atoms with Crippen LogP contribution in [0.4, 0.5) is 11.4 Å². The first-order chi connectivity index (χ1) is 13.0. The zero-order chi connectivity index (χ0) is 19.2. The minimum atomic E-state index is -0.513. The normalized spacial score (nSPS) is 10.9. The zero-order valence-electron chi connectivity index (χ0n) is 14.2. The molecule has 136 valence electrons. The van der Waals surface area contributed by atoms with Gasteiger partial charge in [-0.3, -0.25) is 15.1 Å². The standard InChI is InChI=1S/C20H16BrN3O3/c21-19-12-18(24(26)27)11-16(20(19)25)13-22-23(17-9-5-2-6-10-17)14-15-7-3-1-4-8-15/h1-13,25H,14H2. The van der Waals surface area contributed by atoms with Crippen LogP contribution in [0.15, 0.2) is 82.4 Å². The molecule has 0 bridgehead atoms. The molecule has 0 saturated carbocycles. The summed E-state index contributed by atoms with van der Waals surface area (Å²) in [4.78, 5) is 10.6. The molecule has 3 aromatic carbocycles. The number of phenolic OH excluding ortho intramolecular Hbond substituents is 1. The Hall–Kier alpha value is -3.19. The summed E-state index contributed by atoms with van der Waals surface area (Å²) in [6.45, 7) is 0.512. The monoisotopic (exact) mass is 425 g/mol. The van der Waals surface area contributed by atoms with Crippen LogP contribution in [0, 0.1) is 10.1 Å². The maximum Gasteiger partial charge on any atom is 0.271 e. The van der Waals surface area contributed by atoms with E-state index in [4.69, 9.17) is 0 Å². The molecular weight excluding hydrogens is 410 g/mol. The van der Waals surface area contributed by atoms with Crippen LogP contribution >= 0.6 is 15.9 Å². The quantitative estimate of drug-likeness (QED) is 0.338. The zero-order valence-corrected chi connectivity index (χ0v) is 15.8. The van der Waals surface area contributed by atoms with Crippen molar-refractivity contribution in [3.05, 3.63) is 98.5 Å². The van der Waals surface area contributed by atoms with Crippen LogP contribution in [0.25, 0.3) is 0 Å². The second-order valence-electron chi connectivity index (χ2n) is 5.75. The summed E-state index contributed by atoms with van der Waals surface area (Å²) in [5.74, 6) is -0.0999. The van der Waals surface area contributed by atoms with Gasteiger partial charge in [-0.25, -0.2) is 0 Å². The Balaban J connectivity index is 1.96. The predicted octanol–water partition coefficient (Wildman–Crippen LogP) is 5.10. The first kappa shape index (κ1) is 18.6. The van der Waals surface area contributed by atoms with Gasteiger partial charge in [0.1, 0.15) is 5.75 Å². The second-order valence-corrected chi connectivity index (χ2v) is 6.60. The van der Waals surface area contributed by atoms with Crippen molar-refractivity contribution < 1.29 is 10.0 Å². The fourth-order valence-electron chi connectivity index (χ4n) is 2.50. The molecule has 0 amide bonds. The molecule has 27 heavy (non-hydrogen) atoms. The number of hydrazone groups is 1. The van der Waals surface area contributed by atoms with E-state index >= 15 is 0 Å². The lowest BCUT2D eigenvalue weighted by Crippen LogP contribution is -2.16. The van der Waals surface area contributed by atoms with E-state index in [1.807, 2.05) is 60.7 Å². The second kappa shape index (κ2) is 8.46. The van der Waals surface area contributed by atoms with Crippen molar-refractivity contribution in [2.45, 2.75) is 6.54 Å². The number of hydrogen-bond acceptors (Lipinski definition) is 5. The van der Waals surface area contributed by atoms with Gasteiger partial charge >= 0.3 is 0 Å². The lowest BCUT2D eigenvalue weighted by Gasteiger charge is -2.19. The maximum atomic E-state index is 11.1. The molecule has 0 atom stereocenters. The van der Waals surface area contributed by atoms with Crippen LogP contribution < -0.4 is 5.01 Å². The van der Waals surface area contributed by atoms with E-state index in [2.05, 4.69) is 21.0 Å². The van der Waals surface area contributed by atoms with Gasteiger partial charge in [0.25, 0.3) is 5.69 Å². The van der Waals surface area contributed by atoms with Gasteiger partial charge in [0.2, 0.25) is 0 Å². The number of para-hydroxylation sites is 1. The van der Waals surface area contributed by atoms with Crippen LogP contribution in [0.3, 0.4) is 0 Å². The van der Waals surface area contributed by atoms with Crippen LogP contribution in [-0.2, 0) is 6.54 Å². The number of benzene rings is 3. The summed E-state index contributed by atoms with van der Waals surface area (Å²) in [6, 6.07) is 21.9. The maximum absolute atomic E-state index is 11.1. The van der Waals surface area contributed by atoms with E-state index in [0.29, 0.717) is 6.54 Å². The highest BCUT2D eigenvalue weighted by atomic mass is 79.9. The molecule has 0 aliphatic rings. The van der Waals surface area contributed by atoms with E-state index in [1.54, 1.807) is 5.01 Å². The molecule has 7 heteroatoms. The lowest BCUT2D eigenvalue weighted by molar-refractivity contribution is -0.385. The molecule has 0 spiro atoms. The largest absolute Gasteiger partial charge is 0.506 e. The predicted molar refractivity (Wildman–Crippen MR) is 109 cm³/mol. The fourth-order valence-corrected chi connectivity index (χ4v) is 2.96. The first-order valence-electron chi connectivity index (χ1n) is 8.12. The van der Waals surface area contributed by atoms with Gasteiger partial charge in [-0.05, 0) is 33.6 Å². The van der Waals surface area contributed by atoms with Gasteiger partial charge in [0.15, 0.2) is 0 Å². The van der Waals surface area contributed by atoms with E-state index in [1.165, 1.54) is 18.3 Å². The number of phenols is 1. The van der Waals surface area contributed by atoms with Crippen molar-refractivity contribution in [2.75, 3.05) is 5.01 Å². The first-order valence-corrected chi connectivity index (χ1v) is 8.91. The average Bonchev–Trinajstić information content (AvgIpc) is 2.69. The highest BCUT2D eigenvalue weighted by molar-refractivity contribution is 9.10. The topological polar surface area (TPSA) is 79.0 Å². The number of halogens is 1. The van der Waals surface area contributed by atoms with Crippen molar-refractivity contribution in [3.63, 3.8) is 0 Å². The Kier molecular flexibility index (Phi) is 5.83. The molecule has 0 fully saturated rings. The SMILES string of the molecule is O=[N+]([O-])c1cc(Br)c(O)c(C=NN(Cc2ccccc2)c2ccccc2)c1. The smallest absolute Gasteiger partial charge is 0.271 e. The molecule has 0 aromatic heterocycles. The number of nitro benzene ring substituents is 1. The Labute approximate surface area is 164 Å². The van der Waals surface area contributed by atoms with Gasteiger partial charge in [-0.2, -0.15) is 5.10 Å². The highest BCUT2D eigenvalue weighted by Gasteiger charge is 2.14.